The Bertz CT molecular complexity index is 819. The van der Waals surface area contributed by atoms with Crippen LogP contribution in [-0.2, 0) is 0 Å². The van der Waals surface area contributed by atoms with E-state index in [1.165, 1.54) is 26.3 Å². The van der Waals surface area contributed by atoms with E-state index < -0.39 is 11.4 Å². The van der Waals surface area contributed by atoms with Gasteiger partial charge in [-0.05, 0) is 45.0 Å². The molecule has 0 bridgehead atoms. The predicted octanol–water partition coefficient (Wildman–Crippen LogP) is 3.30. The molecule has 0 saturated carbocycles. The molecule has 0 aliphatic carbocycles. The molecule has 7 heteroatoms. The van der Waals surface area contributed by atoms with Crippen molar-refractivity contribution in [3.8, 4) is 17.2 Å². The van der Waals surface area contributed by atoms with Gasteiger partial charge < -0.3 is 14.2 Å². The number of nitrogens with one attached hydrogen (secondary N) is 1. The molecule has 2 rings (SSSR count). The number of carbonyl (C=O) groups is 2. The van der Waals surface area contributed by atoms with Crippen LogP contribution < -0.4 is 19.6 Å². The van der Waals surface area contributed by atoms with Gasteiger partial charge in [0.05, 0.1) is 26.9 Å². The molecule has 7 nitrogen and oxygen atoms in total. The fraction of sp³-hybridized carbons (Fsp3) is 0.333. The lowest BCUT2D eigenvalue weighted by Crippen LogP contribution is -2.55. The van der Waals surface area contributed by atoms with Crippen LogP contribution in [0.5, 0.6) is 17.2 Å². The molecule has 0 heterocycles. The third kappa shape index (κ3) is 4.54. The van der Waals surface area contributed by atoms with Gasteiger partial charge in [-0.3, -0.25) is 15.0 Å². The second-order valence-electron chi connectivity index (χ2n) is 7.03. The Morgan fingerprint density at radius 1 is 0.857 bits per heavy atom. The second kappa shape index (κ2) is 8.65. The Balaban J connectivity index is 2.42. The van der Waals surface area contributed by atoms with E-state index in [0.29, 0.717) is 22.8 Å². The first-order chi connectivity index (χ1) is 13.2. The van der Waals surface area contributed by atoms with Crippen molar-refractivity contribution in [2.24, 2.45) is 0 Å². The highest BCUT2D eigenvalue weighted by atomic mass is 16.5. The van der Waals surface area contributed by atoms with Gasteiger partial charge in [-0.25, -0.2) is 5.01 Å². The summed E-state index contributed by atoms with van der Waals surface area (Å²) in [5.74, 6) is 0.312. The number of benzene rings is 2. The van der Waals surface area contributed by atoms with Crippen molar-refractivity contribution in [3.05, 3.63) is 53.6 Å². The lowest BCUT2D eigenvalue weighted by atomic mass is 10.1. The molecule has 0 aliphatic heterocycles. The molecule has 2 amide bonds. The molecule has 2 aromatic rings. The molecule has 0 aliphatic rings. The summed E-state index contributed by atoms with van der Waals surface area (Å²) < 4.78 is 15.9. The van der Waals surface area contributed by atoms with Gasteiger partial charge in [0.25, 0.3) is 11.8 Å². The van der Waals surface area contributed by atoms with Crippen LogP contribution in [0.25, 0.3) is 0 Å². The summed E-state index contributed by atoms with van der Waals surface area (Å²) in [6, 6.07) is 11.8. The molecule has 0 unspecified atom stereocenters. The van der Waals surface area contributed by atoms with Gasteiger partial charge in [0.1, 0.15) is 0 Å². The number of methoxy groups -OCH3 is 3. The summed E-state index contributed by atoms with van der Waals surface area (Å²) in [7, 11) is 4.44. The van der Waals surface area contributed by atoms with Crippen molar-refractivity contribution in [2.45, 2.75) is 26.3 Å². The maximum atomic E-state index is 13.3. The van der Waals surface area contributed by atoms with Gasteiger partial charge >= 0.3 is 0 Å². The molecule has 2 aromatic carbocycles. The summed E-state index contributed by atoms with van der Waals surface area (Å²) in [6.45, 7) is 5.48. The van der Waals surface area contributed by atoms with Crippen LogP contribution in [-0.4, -0.2) is 43.7 Å². The van der Waals surface area contributed by atoms with Crippen molar-refractivity contribution in [1.29, 1.82) is 0 Å². The third-order valence-electron chi connectivity index (χ3n) is 4.03. The number of hydrogen-bond acceptors (Lipinski definition) is 5. The summed E-state index contributed by atoms with van der Waals surface area (Å²) in [4.78, 5) is 25.9. The molecule has 0 atom stereocenters. The van der Waals surface area contributed by atoms with E-state index in [1.54, 1.807) is 36.4 Å². The predicted molar refractivity (Wildman–Crippen MR) is 106 cm³/mol. The minimum atomic E-state index is -0.679. The van der Waals surface area contributed by atoms with Crippen LogP contribution in [0.1, 0.15) is 41.5 Å². The topological polar surface area (TPSA) is 77.1 Å². The van der Waals surface area contributed by atoms with Crippen molar-refractivity contribution in [2.75, 3.05) is 21.3 Å². The van der Waals surface area contributed by atoms with Gasteiger partial charge in [-0.2, -0.15) is 0 Å². The Labute approximate surface area is 165 Å². The van der Waals surface area contributed by atoms with Crippen molar-refractivity contribution in [1.82, 2.24) is 10.4 Å². The molecular weight excluding hydrogens is 360 g/mol. The fourth-order valence-electron chi connectivity index (χ4n) is 2.61. The van der Waals surface area contributed by atoms with E-state index in [9.17, 15) is 9.59 Å². The Morgan fingerprint density at radius 2 is 1.39 bits per heavy atom. The quantitative estimate of drug-likeness (QED) is 0.798. The maximum Gasteiger partial charge on any atom is 0.273 e. The molecule has 0 fully saturated rings. The molecule has 0 aromatic heterocycles. The highest BCUT2D eigenvalue weighted by molar-refractivity contribution is 6.00. The molecule has 0 spiro atoms. The zero-order valence-electron chi connectivity index (χ0n) is 17.0. The number of hydrazine groups is 1. The van der Waals surface area contributed by atoms with Crippen molar-refractivity contribution in [3.63, 3.8) is 0 Å². The molecule has 0 radical (unpaired) electrons. The lowest BCUT2D eigenvalue weighted by molar-refractivity contribution is 0.0358. The minimum Gasteiger partial charge on any atom is -0.493 e. The number of amides is 2. The number of rotatable bonds is 5. The van der Waals surface area contributed by atoms with E-state index in [2.05, 4.69) is 5.43 Å². The zero-order chi connectivity index (χ0) is 20.9. The van der Waals surface area contributed by atoms with E-state index in [1.807, 2.05) is 26.8 Å². The Kier molecular flexibility index (Phi) is 6.51. The molecule has 1 N–H and O–H groups in total. The van der Waals surface area contributed by atoms with E-state index in [4.69, 9.17) is 14.2 Å². The average Bonchev–Trinajstić information content (AvgIpc) is 2.69. The van der Waals surface area contributed by atoms with E-state index >= 15 is 0 Å². The zero-order valence-corrected chi connectivity index (χ0v) is 17.0. The van der Waals surface area contributed by atoms with Crippen molar-refractivity contribution < 1.29 is 23.8 Å². The molecule has 150 valence electrons. The highest BCUT2D eigenvalue weighted by Crippen LogP contribution is 2.38. The van der Waals surface area contributed by atoms with Gasteiger partial charge in [-0.1, -0.05) is 18.2 Å². The number of nitrogens with zero attached hydrogens (tertiary/aromatic N) is 1. The minimum absolute atomic E-state index is 0.290. The maximum absolute atomic E-state index is 13.3. The first kappa shape index (κ1) is 21.1. The molecular formula is C21H26N2O5. The Morgan fingerprint density at radius 3 is 1.82 bits per heavy atom. The third-order valence-corrected chi connectivity index (χ3v) is 4.03. The fourth-order valence-corrected chi connectivity index (χ4v) is 2.61. The summed E-state index contributed by atoms with van der Waals surface area (Å²) in [6.07, 6.45) is 0. The lowest BCUT2D eigenvalue weighted by Gasteiger charge is -2.35. The summed E-state index contributed by atoms with van der Waals surface area (Å²) in [5.41, 5.74) is 2.77. The number of carbonyl (C=O) groups excluding carboxylic acids is 2. The van der Waals surface area contributed by atoms with Crippen LogP contribution >= 0.6 is 0 Å². The van der Waals surface area contributed by atoms with Gasteiger partial charge in [0.2, 0.25) is 5.75 Å². The van der Waals surface area contributed by atoms with Crippen LogP contribution in [0, 0.1) is 0 Å². The first-order valence-corrected chi connectivity index (χ1v) is 8.73. The summed E-state index contributed by atoms with van der Waals surface area (Å²) in [5, 5.41) is 1.29. The number of hydrogen-bond donors (Lipinski definition) is 1. The van der Waals surface area contributed by atoms with Crippen LogP contribution in [0.3, 0.4) is 0 Å². The SMILES string of the molecule is COc1cc(C(=O)N(NC(=O)c2ccccc2)C(C)(C)C)cc(OC)c1OC. The largest absolute Gasteiger partial charge is 0.493 e. The normalized spacial score (nSPS) is 10.8. The molecule has 28 heavy (non-hydrogen) atoms. The van der Waals surface area contributed by atoms with Crippen LogP contribution in [0.2, 0.25) is 0 Å². The van der Waals surface area contributed by atoms with Crippen LogP contribution in [0.4, 0.5) is 0 Å². The average molecular weight is 386 g/mol. The standard InChI is InChI=1S/C21H26N2O5/c1-21(2,3)23(22-19(24)14-10-8-7-9-11-14)20(25)15-12-16(26-4)18(28-6)17(13-15)27-5/h7-13H,1-6H3,(H,22,24). The molecule has 0 saturated heterocycles. The first-order valence-electron chi connectivity index (χ1n) is 8.73. The van der Waals surface area contributed by atoms with Gasteiger partial charge in [0, 0.05) is 11.1 Å². The van der Waals surface area contributed by atoms with Crippen molar-refractivity contribution >= 4 is 11.8 Å². The van der Waals surface area contributed by atoms with E-state index in [0.717, 1.165) is 0 Å². The van der Waals surface area contributed by atoms with E-state index in [-0.39, 0.29) is 11.5 Å². The highest BCUT2D eigenvalue weighted by Gasteiger charge is 2.31. The smallest absolute Gasteiger partial charge is 0.273 e. The number of ether oxygens (including phenoxy) is 3. The van der Waals surface area contributed by atoms with Gasteiger partial charge in [0.15, 0.2) is 11.5 Å². The van der Waals surface area contributed by atoms with Gasteiger partial charge in [-0.15, -0.1) is 0 Å². The summed E-state index contributed by atoms with van der Waals surface area (Å²) >= 11 is 0. The monoisotopic (exact) mass is 386 g/mol. The van der Waals surface area contributed by atoms with Crippen LogP contribution in [0.15, 0.2) is 42.5 Å². The Hall–Kier alpha value is -3.22. The second-order valence-corrected chi connectivity index (χ2v) is 7.03.